The fraction of sp³-hybridized carbons (Fsp3) is 0.333. The van der Waals surface area contributed by atoms with Crippen LogP contribution in [0.15, 0.2) is 30.6 Å². The number of ketones is 1. The monoisotopic (exact) mass is 395 g/mol. The summed E-state index contributed by atoms with van der Waals surface area (Å²) in [5.41, 5.74) is 2.38. The number of aryl methyl sites for hydroxylation is 1. The third-order valence-electron chi connectivity index (χ3n) is 4.95. The number of carbonyl (C=O) groups is 2. The molecule has 3 aromatic rings. The largest absolute Gasteiger partial charge is 0.467 e. The van der Waals surface area contributed by atoms with Gasteiger partial charge in [-0.05, 0) is 49.8 Å². The lowest BCUT2D eigenvalue weighted by molar-refractivity contribution is -0.118. The van der Waals surface area contributed by atoms with Crippen molar-refractivity contribution in [3.05, 3.63) is 46.6 Å². The van der Waals surface area contributed by atoms with Crippen molar-refractivity contribution in [3.8, 4) is 5.88 Å². The molecule has 0 fully saturated rings. The zero-order chi connectivity index (χ0) is 19.7. The second kappa shape index (κ2) is 7.67. The second-order valence-corrected chi connectivity index (χ2v) is 8.27. The molecule has 28 heavy (non-hydrogen) atoms. The summed E-state index contributed by atoms with van der Waals surface area (Å²) in [6, 6.07) is 6.84. The fourth-order valence-electron chi connectivity index (χ4n) is 3.50. The Balaban J connectivity index is 1.49. The number of amides is 1. The predicted molar refractivity (Wildman–Crippen MR) is 109 cm³/mol. The first-order valence-corrected chi connectivity index (χ1v) is 10.1. The zero-order valence-corrected chi connectivity index (χ0v) is 16.6. The summed E-state index contributed by atoms with van der Waals surface area (Å²) in [5.74, 6) is 0.789. The van der Waals surface area contributed by atoms with Gasteiger partial charge in [-0.3, -0.25) is 9.59 Å². The van der Waals surface area contributed by atoms with E-state index in [0.29, 0.717) is 23.0 Å². The molecule has 1 amide bonds. The molecule has 1 N–H and O–H groups in total. The SMILES string of the molecule is CC(=O)c1cccc(NC(=O)COc2ncnc3sc4c(c23)CC[C@@H](C)C4)c1. The molecule has 0 saturated heterocycles. The van der Waals surface area contributed by atoms with Gasteiger partial charge in [0, 0.05) is 16.1 Å². The molecule has 0 unspecified atom stereocenters. The fourth-order valence-corrected chi connectivity index (χ4v) is 4.84. The highest BCUT2D eigenvalue weighted by atomic mass is 32.1. The van der Waals surface area contributed by atoms with Crippen LogP contribution in [0.3, 0.4) is 0 Å². The lowest BCUT2D eigenvalue weighted by atomic mass is 9.89. The van der Waals surface area contributed by atoms with Gasteiger partial charge in [-0.2, -0.15) is 0 Å². The molecule has 0 bridgehead atoms. The van der Waals surface area contributed by atoms with Gasteiger partial charge in [0.2, 0.25) is 5.88 Å². The van der Waals surface area contributed by atoms with Crippen molar-refractivity contribution in [2.45, 2.75) is 33.1 Å². The molecule has 144 valence electrons. The number of anilines is 1. The Kier molecular flexibility index (Phi) is 5.09. The van der Waals surface area contributed by atoms with Crippen LogP contribution in [0, 0.1) is 5.92 Å². The van der Waals surface area contributed by atoms with Crippen molar-refractivity contribution in [1.82, 2.24) is 9.97 Å². The maximum Gasteiger partial charge on any atom is 0.262 e. The van der Waals surface area contributed by atoms with E-state index in [1.54, 1.807) is 35.6 Å². The van der Waals surface area contributed by atoms with E-state index in [4.69, 9.17) is 4.74 Å². The van der Waals surface area contributed by atoms with Gasteiger partial charge < -0.3 is 10.1 Å². The number of Topliss-reactive ketones (excluding diaryl/α,β-unsaturated/α-hetero) is 1. The summed E-state index contributed by atoms with van der Waals surface area (Å²) in [6.45, 7) is 3.60. The average Bonchev–Trinajstić information content (AvgIpc) is 3.04. The van der Waals surface area contributed by atoms with Crippen molar-refractivity contribution >= 4 is 38.9 Å². The highest BCUT2D eigenvalue weighted by Crippen LogP contribution is 2.40. The second-order valence-electron chi connectivity index (χ2n) is 7.18. The number of benzene rings is 1. The van der Waals surface area contributed by atoms with Crippen LogP contribution in [-0.4, -0.2) is 28.3 Å². The molecular formula is C21H21N3O3S. The first-order chi connectivity index (χ1) is 13.5. The van der Waals surface area contributed by atoms with E-state index in [1.165, 1.54) is 23.7 Å². The minimum atomic E-state index is -0.301. The topological polar surface area (TPSA) is 81.2 Å². The maximum atomic E-state index is 12.3. The van der Waals surface area contributed by atoms with Gasteiger partial charge in [-0.25, -0.2) is 9.97 Å². The smallest absolute Gasteiger partial charge is 0.262 e. The summed E-state index contributed by atoms with van der Waals surface area (Å²) < 4.78 is 5.76. The average molecular weight is 395 g/mol. The number of nitrogens with zero attached hydrogens (tertiary/aromatic N) is 2. The van der Waals surface area contributed by atoms with E-state index in [9.17, 15) is 9.59 Å². The van der Waals surface area contributed by atoms with Crippen LogP contribution in [0.4, 0.5) is 5.69 Å². The van der Waals surface area contributed by atoms with Crippen LogP contribution in [0.1, 0.15) is 41.1 Å². The molecular weight excluding hydrogens is 374 g/mol. The standard InChI is InChI=1S/C21H21N3O3S/c1-12-6-7-16-17(8-12)28-21-19(16)20(22-11-23-21)27-10-18(26)24-15-5-3-4-14(9-15)13(2)25/h3-5,9,11-12H,6-8,10H2,1-2H3,(H,24,26)/t12-/m1/s1. The van der Waals surface area contributed by atoms with Gasteiger partial charge in [0.25, 0.3) is 5.91 Å². The summed E-state index contributed by atoms with van der Waals surface area (Å²) >= 11 is 1.70. The number of fused-ring (bicyclic) bond motifs is 3. The molecule has 1 aliphatic carbocycles. The van der Waals surface area contributed by atoms with Crippen LogP contribution in [-0.2, 0) is 17.6 Å². The Bertz CT molecular complexity index is 1060. The van der Waals surface area contributed by atoms with Crippen molar-refractivity contribution in [2.75, 3.05) is 11.9 Å². The number of hydrogen-bond acceptors (Lipinski definition) is 6. The first kappa shape index (κ1) is 18.6. The zero-order valence-electron chi connectivity index (χ0n) is 15.8. The van der Waals surface area contributed by atoms with E-state index >= 15 is 0 Å². The van der Waals surface area contributed by atoms with Crippen LogP contribution in [0.5, 0.6) is 5.88 Å². The van der Waals surface area contributed by atoms with Crippen LogP contribution < -0.4 is 10.1 Å². The van der Waals surface area contributed by atoms with Gasteiger partial charge in [-0.1, -0.05) is 19.1 Å². The van der Waals surface area contributed by atoms with Gasteiger partial charge in [0.15, 0.2) is 12.4 Å². The van der Waals surface area contributed by atoms with Gasteiger partial charge in [0.05, 0.1) is 5.39 Å². The van der Waals surface area contributed by atoms with E-state index in [-0.39, 0.29) is 18.3 Å². The lowest BCUT2D eigenvalue weighted by Crippen LogP contribution is -2.20. The summed E-state index contributed by atoms with van der Waals surface area (Å²) in [6.07, 6.45) is 4.67. The van der Waals surface area contributed by atoms with Crippen molar-refractivity contribution in [3.63, 3.8) is 0 Å². The predicted octanol–water partition coefficient (Wildman–Crippen LogP) is 4.04. The Morgan fingerprint density at radius 1 is 1.32 bits per heavy atom. The molecule has 4 rings (SSSR count). The van der Waals surface area contributed by atoms with E-state index in [0.717, 1.165) is 29.5 Å². The molecule has 0 spiro atoms. The van der Waals surface area contributed by atoms with Crippen LogP contribution >= 0.6 is 11.3 Å². The lowest BCUT2D eigenvalue weighted by Gasteiger charge is -2.18. The van der Waals surface area contributed by atoms with Crippen LogP contribution in [0.2, 0.25) is 0 Å². The Hall–Kier alpha value is -2.80. The van der Waals surface area contributed by atoms with E-state index < -0.39 is 0 Å². The number of rotatable bonds is 5. The third-order valence-corrected chi connectivity index (χ3v) is 6.11. The third kappa shape index (κ3) is 3.75. The molecule has 1 atom stereocenters. The van der Waals surface area contributed by atoms with Crippen molar-refractivity contribution in [1.29, 1.82) is 0 Å². The van der Waals surface area contributed by atoms with Gasteiger partial charge >= 0.3 is 0 Å². The number of ether oxygens (including phenoxy) is 1. The number of carbonyl (C=O) groups excluding carboxylic acids is 2. The van der Waals surface area contributed by atoms with E-state index in [1.807, 2.05) is 0 Å². The summed E-state index contributed by atoms with van der Waals surface area (Å²) in [7, 11) is 0. The molecule has 7 heteroatoms. The minimum absolute atomic E-state index is 0.0488. The summed E-state index contributed by atoms with van der Waals surface area (Å²) in [4.78, 5) is 34.7. The molecule has 0 aliphatic heterocycles. The molecule has 6 nitrogen and oxygen atoms in total. The molecule has 2 aromatic heterocycles. The molecule has 0 saturated carbocycles. The Labute approximate surface area is 167 Å². The quantitative estimate of drug-likeness (QED) is 0.660. The Morgan fingerprint density at radius 2 is 2.18 bits per heavy atom. The number of aromatic nitrogens is 2. The van der Waals surface area contributed by atoms with Gasteiger partial charge in [0.1, 0.15) is 11.2 Å². The number of thiophene rings is 1. The van der Waals surface area contributed by atoms with Crippen molar-refractivity contribution < 1.29 is 14.3 Å². The van der Waals surface area contributed by atoms with Gasteiger partial charge in [-0.15, -0.1) is 11.3 Å². The molecule has 1 aliphatic rings. The maximum absolute atomic E-state index is 12.3. The van der Waals surface area contributed by atoms with Crippen molar-refractivity contribution in [2.24, 2.45) is 5.92 Å². The highest BCUT2D eigenvalue weighted by Gasteiger charge is 2.23. The first-order valence-electron chi connectivity index (χ1n) is 9.30. The normalized spacial score (nSPS) is 15.9. The summed E-state index contributed by atoms with van der Waals surface area (Å²) in [5, 5.41) is 3.71. The van der Waals surface area contributed by atoms with Crippen LogP contribution in [0.25, 0.3) is 10.2 Å². The molecule has 2 heterocycles. The highest BCUT2D eigenvalue weighted by molar-refractivity contribution is 7.18. The number of hydrogen-bond donors (Lipinski definition) is 1. The number of nitrogens with one attached hydrogen (secondary N) is 1. The molecule has 0 radical (unpaired) electrons. The van der Waals surface area contributed by atoms with E-state index in [2.05, 4.69) is 22.2 Å². The Morgan fingerprint density at radius 3 is 3.00 bits per heavy atom. The molecule has 1 aromatic carbocycles. The minimum Gasteiger partial charge on any atom is -0.467 e.